The number of amidine groups is 1. The number of methoxy groups -OCH3 is 1. The molecule has 0 radical (unpaired) electrons. The first kappa shape index (κ1) is 15.1. The summed E-state index contributed by atoms with van der Waals surface area (Å²) >= 11 is 0. The Morgan fingerprint density at radius 2 is 2.00 bits per heavy atom. The highest BCUT2D eigenvalue weighted by atomic mass is 16.5. The molecule has 1 unspecified atom stereocenters. The highest BCUT2D eigenvalue weighted by Gasteiger charge is 2.46. The first-order valence-electron chi connectivity index (χ1n) is 7.44. The standard InChI is InChI=1S/C14H25N3O3/c1-20-11-6-9-17(10-11)13(18)14(12(15)16-19)7-4-2-3-5-8-14/h11,19H,2-10H2,1H3,(H2,15,16). The molecular weight excluding hydrogens is 258 g/mol. The van der Waals surface area contributed by atoms with Gasteiger partial charge in [0.2, 0.25) is 5.91 Å². The fourth-order valence-electron chi connectivity index (χ4n) is 3.42. The number of hydrogen-bond acceptors (Lipinski definition) is 4. The van der Waals surface area contributed by atoms with E-state index < -0.39 is 5.41 Å². The summed E-state index contributed by atoms with van der Waals surface area (Å²) in [4.78, 5) is 14.8. The molecule has 0 bridgehead atoms. The second kappa shape index (κ2) is 6.43. The van der Waals surface area contributed by atoms with Crippen LogP contribution >= 0.6 is 0 Å². The highest BCUT2D eigenvalue weighted by Crippen LogP contribution is 2.38. The van der Waals surface area contributed by atoms with E-state index in [0.717, 1.165) is 32.1 Å². The molecule has 2 rings (SSSR count). The zero-order valence-corrected chi connectivity index (χ0v) is 12.2. The van der Waals surface area contributed by atoms with Gasteiger partial charge in [-0.25, -0.2) is 0 Å². The number of likely N-dealkylation sites (tertiary alicyclic amines) is 1. The summed E-state index contributed by atoms with van der Waals surface area (Å²) < 4.78 is 5.32. The predicted molar refractivity (Wildman–Crippen MR) is 75.5 cm³/mol. The molecule has 20 heavy (non-hydrogen) atoms. The number of carbonyl (C=O) groups excluding carboxylic acids is 1. The van der Waals surface area contributed by atoms with E-state index in [0.29, 0.717) is 25.9 Å². The van der Waals surface area contributed by atoms with E-state index in [-0.39, 0.29) is 17.8 Å². The second-order valence-corrected chi connectivity index (χ2v) is 5.88. The van der Waals surface area contributed by atoms with Crippen LogP contribution in [0.3, 0.4) is 0 Å². The molecule has 2 aliphatic rings. The molecule has 6 heteroatoms. The fraction of sp³-hybridized carbons (Fsp3) is 0.857. The lowest BCUT2D eigenvalue weighted by atomic mass is 9.77. The number of oxime groups is 1. The van der Waals surface area contributed by atoms with Gasteiger partial charge in [-0.15, -0.1) is 0 Å². The lowest BCUT2D eigenvalue weighted by Crippen LogP contribution is -2.51. The van der Waals surface area contributed by atoms with Gasteiger partial charge in [0.05, 0.1) is 6.10 Å². The number of rotatable bonds is 3. The Hall–Kier alpha value is -1.30. The summed E-state index contributed by atoms with van der Waals surface area (Å²) in [6.45, 7) is 1.30. The van der Waals surface area contributed by atoms with Crippen LogP contribution in [0.1, 0.15) is 44.9 Å². The minimum absolute atomic E-state index is 0.00856. The van der Waals surface area contributed by atoms with Crippen molar-refractivity contribution in [3.05, 3.63) is 0 Å². The third-order valence-corrected chi connectivity index (χ3v) is 4.73. The van der Waals surface area contributed by atoms with Gasteiger partial charge in [-0.05, 0) is 19.3 Å². The largest absolute Gasteiger partial charge is 0.409 e. The van der Waals surface area contributed by atoms with Crippen LogP contribution in [0.2, 0.25) is 0 Å². The van der Waals surface area contributed by atoms with Crippen LogP contribution in [0.4, 0.5) is 0 Å². The van der Waals surface area contributed by atoms with Gasteiger partial charge in [0.1, 0.15) is 5.41 Å². The molecule has 1 atom stereocenters. The lowest BCUT2D eigenvalue weighted by Gasteiger charge is -2.34. The molecular formula is C14H25N3O3. The molecule has 0 aromatic carbocycles. The summed E-state index contributed by atoms with van der Waals surface area (Å²) in [6.07, 6.45) is 6.42. The Morgan fingerprint density at radius 3 is 2.50 bits per heavy atom. The van der Waals surface area contributed by atoms with Crippen molar-refractivity contribution in [2.75, 3.05) is 20.2 Å². The van der Waals surface area contributed by atoms with Crippen molar-refractivity contribution in [1.82, 2.24) is 4.90 Å². The number of carbonyl (C=O) groups is 1. The number of amides is 1. The zero-order chi connectivity index (χ0) is 14.6. The van der Waals surface area contributed by atoms with Crippen molar-refractivity contribution in [2.24, 2.45) is 16.3 Å². The van der Waals surface area contributed by atoms with E-state index in [1.54, 1.807) is 7.11 Å². The molecule has 114 valence electrons. The number of ether oxygens (including phenoxy) is 1. The molecule has 2 fully saturated rings. The normalized spacial score (nSPS) is 27.4. The van der Waals surface area contributed by atoms with E-state index in [1.165, 1.54) is 0 Å². The maximum Gasteiger partial charge on any atom is 0.236 e. The van der Waals surface area contributed by atoms with Gasteiger partial charge in [0.15, 0.2) is 5.84 Å². The van der Waals surface area contributed by atoms with Crippen molar-refractivity contribution in [3.63, 3.8) is 0 Å². The van der Waals surface area contributed by atoms with Crippen LogP contribution in [0.15, 0.2) is 5.16 Å². The first-order chi connectivity index (χ1) is 9.64. The van der Waals surface area contributed by atoms with Crippen LogP contribution < -0.4 is 5.73 Å². The Bertz CT molecular complexity index is 376. The van der Waals surface area contributed by atoms with E-state index in [9.17, 15) is 4.79 Å². The van der Waals surface area contributed by atoms with E-state index in [2.05, 4.69) is 5.16 Å². The molecule has 0 aromatic heterocycles. The summed E-state index contributed by atoms with van der Waals surface area (Å²) in [5, 5.41) is 12.3. The SMILES string of the molecule is COC1CCN(C(=O)C2(C(N)=NO)CCCCCC2)C1. The Morgan fingerprint density at radius 1 is 1.35 bits per heavy atom. The first-order valence-corrected chi connectivity index (χ1v) is 7.44. The third kappa shape index (κ3) is 2.75. The molecule has 3 N–H and O–H groups in total. The maximum absolute atomic E-state index is 12.9. The average Bonchev–Trinajstić information content (AvgIpc) is 2.82. The zero-order valence-electron chi connectivity index (χ0n) is 12.2. The Kier molecular flexibility index (Phi) is 4.86. The highest BCUT2D eigenvalue weighted by molar-refractivity contribution is 6.06. The van der Waals surface area contributed by atoms with Crippen molar-refractivity contribution < 1.29 is 14.7 Å². The third-order valence-electron chi connectivity index (χ3n) is 4.73. The van der Waals surface area contributed by atoms with E-state index in [4.69, 9.17) is 15.7 Å². The van der Waals surface area contributed by atoms with E-state index in [1.807, 2.05) is 4.90 Å². The minimum Gasteiger partial charge on any atom is -0.409 e. The summed E-state index contributed by atoms with van der Waals surface area (Å²) in [5.41, 5.74) is 5.10. The number of hydrogen-bond donors (Lipinski definition) is 2. The second-order valence-electron chi connectivity index (χ2n) is 5.88. The van der Waals surface area contributed by atoms with Gasteiger partial charge in [-0.2, -0.15) is 0 Å². The molecule has 1 saturated carbocycles. The van der Waals surface area contributed by atoms with Gasteiger partial charge in [-0.3, -0.25) is 4.79 Å². The molecule has 1 aliphatic heterocycles. The van der Waals surface area contributed by atoms with E-state index >= 15 is 0 Å². The number of nitrogens with two attached hydrogens (primary N) is 1. The summed E-state index contributed by atoms with van der Waals surface area (Å²) in [7, 11) is 1.67. The maximum atomic E-state index is 12.9. The van der Waals surface area contributed by atoms with Crippen LogP contribution in [-0.4, -0.2) is 48.2 Å². The van der Waals surface area contributed by atoms with Crippen LogP contribution in [0, 0.1) is 5.41 Å². The predicted octanol–water partition coefficient (Wildman–Crippen LogP) is 1.32. The molecule has 0 aromatic rings. The fourth-order valence-corrected chi connectivity index (χ4v) is 3.42. The van der Waals surface area contributed by atoms with Crippen molar-refractivity contribution in [2.45, 2.75) is 51.0 Å². The summed E-state index contributed by atoms with van der Waals surface area (Å²) in [6, 6.07) is 0. The minimum atomic E-state index is -0.812. The molecule has 6 nitrogen and oxygen atoms in total. The molecule has 1 saturated heterocycles. The molecule has 0 spiro atoms. The monoisotopic (exact) mass is 283 g/mol. The molecule has 1 amide bonds. The number of nitrogens with zero attached hydrogens (tertiary/aromatic N) is 2. The van der Waals surface area contributed by atoms with Crippen molar-refractivity contribution in [1.29, 1.82) is 0 Å². The lowest BCUT2D eigenvalue weighted by molar-refractivity contribution is -0.138. The quantitative estimate of drug-likeness (QED) is 0.269. The topological polar surface area (TPSA) is 88.2 Å². The average molecular weight is 283 g/mol. The Balaban J connectivity index is 2.20. The molecule has 1 heterocycles. The Labute approximate surface area is 119 Å². The van der Waals surface area contributed by atoms with Crippen LogP contribution in [-0.2, 0) is 9.53 Å². The van der Waals surface area contributed by atoms with Gasteiger partial charge in [-0.1, -0.05) is 30.8 Å². The summed E-state index contributed by atoms with van der Waals surface area (Å²) in [5.74, 6) is 0.0829. The van der Waals surface area contributed by atoms with Crippen molar-refractivity contribution in [3.8, 4) is 0 Å². The van der Waals surface area contributed by atoms with Crippen molar-refractivity contribution >= 4 is 11.7 Å². The van der Waals surface area contributed by atoms with Crippen LogP contribution in [0.25, 0.3) is 0 Å². The van der Waals surface area contributed by atoms with Gasteiger partial charge >= 0.3 is 0 Å². The van der Waals surface area contributed by atoms with Gasteiger partial charge < -0.3 is 20.6 Å². The van der Waals surface area contributed by atoms with Gasteiger partial charge in [0.25, 0.3) is 0 Å². The van der Waals surface area contributed by atoms with Gasteiger partial charge in [0, 0.05) is 20.2 Å². The molecule has 1 aliphatic carbocycles. The smallest absolute Gasteiger partial charge is 0.236 e. The van der Waals surface area contributed by atoms with Crippen LogP contribution in [0.5, 0.6) is 0 Å².